The molecule has 0 saturated carbocycles. The molecule has 2 heterocycles. The molecule has 5 rings (SSSR count). The monoisotopic (exact) mass is 529 g/mol. The number of nitrogens with one attached hydrogen (secondary N) is 2. The average Bonchev–Trinajstić information content (AvgIpc) is 3.36. The second kappa shape index (κ2) is 11.0. The van der Waals surface area contributed by atoms with E-state index in [1.54, 1.807) is 4.68 Å². The second-order valence-corrected chi connectivity index (χ2v) is 9.41. The molecule has 0 spiro atoms. The highest BCUT2D eigenvalue weighted by atomic mass is 35.5. The summed E-state index contributed by atoms with van der Waals surface area (Å²) >= 11 is 6.00. The molecule has 0 bridgehead atoms. The van der Waals surface area contributed by atoms with Gasteiger partial charge in [0, 0.05) is 16.4 Å². The molecule has 9 heteroatoms. The number of amides is 1. The molecule has 0 radical (unpaired) electrons. The summed E-state index contributed by atoms with van der Waals surface area (Å²) in [4.78, 5) is 18.0. The number of benzene rings is 3. The van der Waals surface area contributed by atoms with Crippen LogP contribution in [0.2, 0.25) is 5.02 Å². The van der Waals surface area contributed by atoms with Crippen molar-refractivity contribution in [2.24, 2.45) is 0 Å². The van der Waals surface area contributed by atoms with Crippen LogP contribution in [0.1, 0.15) is 36.6 Å². The van der Waals surface area contributed by atoms with Crippen molar-refractivity contribution in [3.8, 4) is 11.5 Å². The third-order valence-electron chi connectivity index (χ3n) is 6.21. The number of allylic oxidation sites excluding steroid dienone is 1. The summed E-state index contributed by atoms with van der Waals surface area (Å²) in [7, 11) is 0. The van der Waals surface area contributed by atoms with E-state index in [2.05, 4.69) is 20.7 Å². The zero-order valence-corrected chi connectivity index (χ0v) is 22.1. The summed E-state index contributed by atoms with van der Waals surface area (Å²) in [6.45, 7) is 6.58. The Balaban J connectivity index is 1.48. The standard InChI is InChI=1S/C29H28ClN5O3/c1-4-37-25-15-21(10-13-24(25)38-16-20-8-11-22(30)12-9-20)27-26(19(3)33-29-31-17-32-35(27)29)28(36)34-23-7-5-6-18(2)14-23/h5-15,17,27H,4,16H2,1-3H3,(H,34,36)(H,31,32,33). The van der Waals surface area contributed by atoms with Crippen molar-refractivity contribution in [2.75, 3.05) is 17.2 Å². The number of halogens is 1. The fraction of sp³-hybridized carbons (Fsp3) is 0.207. The van der Waals surface area contributed by atoms with Gasteiger partial charge in [-0.05, 0) is 73.9 Å². The molecule has 1 unspecified atom stereocenters. The van der Waals surface area contributed by atoms with E-state index in [1.165, 1.54) is 6.33 Å². The maximum Gasteiger partial charge on any atom is 0.255 e. The summed E-state index contributed by atoms with van der Waals surface area (Å²) in [6.07, 6.45) is 1.47. The Labute approximate surface area is 226 Å². The van der Waals surface area contributed by atoms with Gasteiger partial charge in [0.2, 0.25) is 5.95 Å². The lowest BCUT2D eigenvalue weighted by Gasteiger charge is -2.29. The van der Waals surface area contributed by atoms with Gasteiger partial charge in [0.25, 0.3) is 5.91 Å². The molecule has 1 atom stereocenters. The molecule has 1 aliphatic heterocycles. The van der Waals surface area contributed by atoms with Crippen LogP contribution in [-0.2, 0) is 11.4 Å². The second-order valence-electron chi connectivity index (χ2n) is 8.97. The lowest BCUT2D eigenvalue weighted by atomic mass is 9.94. The number of aromatic nitrogens is 3. The summed E-state index contributed by atoms with van der Waals surface area (Å²) in [5.41, 5.74) is 4.80. The third-order valence-corrected chi connectivity index (χ3v) is 6.46. The number of hydrogen-bond donors (Lipinski definition) is 2. The molecule has 38 heavy (non-hydrogen) atoms. The summed E-state index contributed by atoms with van der Waals surface area (Å²) in [5.74, 6) is 1.51. The third kappa shape index (κ3) is 5.35. The molecule has 8 nitrogen and oxygen atoms in total. The van der Waals surface area contributed by atoms with Crippen LogP contribution >= 0.6 is 11.6 Å². The Morgan fingerprint density at radius 3 is 2.63 bits per heavy atom. The van der Waals surface area contributed by atoms with Gasteiger partial charge in [-0.15, -0.1) is 0 Å². The molecule has 194 valence electrons. The van der Waals surface area contributed by atoms with Gasteiger partial charge in [-0.2, -0.15) is 10.1 Å². The number of carbonyl (C=O) groups excluding carboxylic acids is 1. The van der Waals surface area contributed by atoms with Crippen LogP contribution in [0.25, 0.3) is 0 Å². The van der Waals surface area contributed by atoms with Crippen molar-refractivity contribution >= 4 is 29.1 Å². The van der Waals surface area contributed by atoms with Gasteiger partial charge < -0.3 is 20.1 Å². The molecule has 1 aromatic heterocycles. The minimum atomic E-state index is -0.525. The van der Waals surface area contributed by atoms with E-state index in [4.69, 9.17) is 21.1 Å². The van der Waals surface area contributed by atoms with Crippen LogP contribution < -0.4 is 20.1 Å². The van der Waals surface area contributed by atoms with Crippen molar-refractivity contribution in [2.45, 2.75) is 33.4 Å². The number of ether oxygens (including phenoxy) is 2. The van der Waals surface area contributed by atoms with Crippen LogP contribution in [0, 0.1) is 6.92 Å². The van der Waals surface area contributed by atoms with Crippen molar-refractivity contribution in [3.63, 3.8) is 0 Å². The first kappa shape index (κ1) is 25.4. The number of rotatable bonds is 8. The van der Waals surface area contributed by atoms with Gasteiger partial charge in [0.15, 0.2) is 11.5 Å². The Bertz CT molecular complexity index is 1500. The Hall–Kier alpha value is -4.30. The van der Waals surface area contributed by atoms with Crippen LogP contribution in [-0.4, -0.2) is 27.3 Å². The molecular weight excluding hydrogens is 502 g/mol. The van der Waals surface area contributed by atoms with E-state index < -0.39 is 6.04 Å². The molecule has 0 fully saturated rings. The quantitative estimate of drug-likeness (QED) is 0.285. The van der Waals surface area contributed by atoms with E-state index >= 15 is 0 Å². The topological polar surface area (TPSA) is 90.3 Å². The Morgan fingerprint density at radius 2 is 1.87 bits per heavy atom. The highest BCUT2D eigenvalue weighted by Gasteiger charge is 2.34. The number of fused-ring (bicyclic) bond motifs is 1. The number of anilines is 2. The van der Waals surface area contributed by atoms with E-state index in [0.717, 1.165) is 22.4 Å². The van der Waals surface area contributed by atoms with Gasteiger partial charge in [0.1, 0.15) is 19.0 Å². The lowest BCUT2D eigenvalue weighted by Crippen LogP contribution is -2.31. The van der Waals surface area contributed by atoms with Gasteiger partial charge in [0.05, 0.1) is 12.2 Å². The molecule has 2 N–H and O–H groups in total. The predicted molar refractivity (Wildman–Crippen MR) is 148 cm³/mol. The highest BCUT2D eigenvalue weighted by molar-refractivity contribution is 6.30. The summed E-state index contributed by atoms with van der Waals surface area (Å²) in [5, 5.41) is 11.3. The van der Waals surface area contributed by atoms with Crippen molar-refractivity contribution in [1.29, 1.82) is 0 Å². The normalized spacial score (nSPS) is 14.5. The number of carbonyl (C=O) groups is 1. The smallest absolute Gasteiger partial charge is 0.255 e. The maximum absolute atomic E-state index is 13.6. The summed E-state index contributed by atoms with van der Waals surface area (Å²) in [6, 6.07) is 20.4. The number of hydrogen-bond acceptors (Lipinski definition) is 6. The van der Waals surface area contributed by atoms with Gasteiger partial charge >= 0.3 is 0 Å². The minimum Gasteiger partial charge on any atom is -0.490 e. The maximum atomic E-state index is 13.6. The first-order chi connectivity index (χ1) is 18.4. The van der Waals surface area contributed by atoms with Crippen LogP contribution in [0.4, 0.5) is 11.6 Å². The molecule has 1 amide bonds. The van der Waals surface area contributed by atoms with Crippen molar-refractivity contribution in [3.05, 3.63) is 106 Å². The molecule has 0 saturated heterocycles. The fourth-order valence-electron chi connectivity index (χ4n) is 4.44. The average molecular weight is 530 g/mol. The van der Waals surface area contributed by atoms with E-state index in [9.17, 15) is 4.79 Å². The van der Waals surface area contributed by atoms with Crippen LogP contribution in [0.3, 0.4) is 0 Å². The fourth-order valence-corrected chi connectivity index (χ4v) is 4.56. The Morgan fingerprint density at radius 1 is 1.05 bits per heavy atom. The first-order valence-corrected chi connectivity index (χ1v) is 12.7. The number of nitrogens with zero attached hydrogens (tertiary/aromatic N) is 3. The molecule has 0 aliphatic carbocycles. The number of aryl methyl sites for hydroxylation is 1. The van der Waals surface area contributed by atoms with E-state index in [0.29, 0.717) is 47.0 Å². The van der Waals surface area contributed by atoms with Gasteiger partial charge in [-0.25, -0.2) is 4.68 Å². The largest absolute Gasteiger partial charge is 0.490 e. The molecule has 3 aromatic carbocycles. The zero-order valence-electron chi connectivity index (χ0n) is 21.4. The SMILES string of the molecule is CCOc1cc(C2C(C(=O)Nc3cccc(C)c3)=C(C)Nc3ncnn32)ccc1OCc1ccc(Cl)cc1. The molecular formula is C29H28ClN5O3. The highest BCUT2D eigenvalue weighted by Crippen LogP contribution is 2.39. The molecule has 4 aromatic rings. The van der Waals surface area contributed by atoms with E-state index in [-0.39, 0.29) is 5.91 Å². The zero-order chi connectivity index (χ0) is 26.6. The van der Waals surface area contributed by atoms with Crippen LogP contribution in [0.15, 0.2) is 84.3 Å². The van der Waals surface area contributed by atoms with Gasteiger partial charge in [-0.3, -0.25) is 4.79 Å². The van der Waals surface area contributed by atoms with Crippen molar-refractivity contribution in [1.82, 2.24) is 14.8 Å². The van der Waals surface area contributed by atoms with E-state index in [1.807, 2.05) is 87.5 Å². The van der Waals surface area contributed by atoms with Crippen molar-refractivity contribution < 1.29 is 14.3 Å². The Kier molecular flexibility index (Phi) is 7.33. The minimum absolute atomic E-state index is 0.229. The lowest BCUT2D eigenvalue weighted by molar-refractivity contribution is -0.113. The van der Waals surface area contributed by atoms with Crippen LogP contribution in [0.5, 0.6) is 11.5 Å². The van der Waals surface area contributed by atoms with Gasteiger partial charge in [-0.1, -0.05) is 41.9 Å². The predicted octanol–water partition coefficient (Wildman–Crippen LogP) is 6.15. The molecule has 1 aliphatic rings. The first-order valence-electron chi connectivity index (χ1n) is 12.3. The summed E-state index contributed by atoms with van der Waals surface area (Å²) < 4.78 is 13.8.